The maximum Gasteiger partial charge on any atom is 0.305 e. The van der Waals surface area contributed by atoms with Crippen LogP contribution in [0.2, 0.25) is 0 Å². The van der Waals surface area contributed by atoms with E-state index in [4.69, 9.17) is 0 Å². The first-order chi connectivity index (χ1) is 18.2. The highest BCUT2D eigenvalue weighted by Gasteiger charge is 2.20. The highest BCUT2D eigenvalue weighted by atomic mass is 16.6. The highest BCUT2D eigenvalue weighted by molar-refractivity contribution is 5.94. The molecule has 0 atom stereocenters. The summed E-state index contributed by atoms with van der Waals surface area (Å²) in [6.45, 7) is 1.85. The van der Waals surface area contributed by atoms with Crippen LogP contribution in [0.4, 0.5) is 11.4 Å². The quantitative estimate of drug-likeness (QED) is 0.257. The summed E-state index contributed by atoms with van der Waals surface area (Å²) in [5.74, 6) is -1.24. The molecular weight excluding hydrogens is 484 g/mol. The second kappa shape index (κ2) is 13.3. The van der Waals surface area contributed by atoms with Gasteiger partial charge >= 0.3 is 5.97 Å². The summed E-state index contributed by atoms with van der Waals surface area (Å²) in [6.07, 6.45) is 0.707. The Morgan fingerprint density at radius 1 is 0.868 bits per heavy atom. The van der Waals surface area contributed by atoms with Gasteiger partial charge in [-0.1, -0.05) is 42.5 Å². The van der Waals surface area contributed by atoms with Crippen LogP contribution < -0.4 is 4.90 Å². The number of benzene rings is 3. The van der Waals surface area contributed by atoms with Crippen LogP contribution in [0, 0.1) is 10.1 Å². The van der Waals surface area contributed by atoms with Crippen LogP contribution in [0.1, 0.15) is 28.8 Å². The molecule has 3 rings (SSSR count). The lowest BCUT2D eigenvalue weighted by Gasteiger charge is -2.23. The van der Waals surface area contributed by atoms with Gasteiger partial charge < -0.3 is 19.8 Å². The number of rotatable bonds is 13. The molecule has 9 heteroatoms. The number of carboxylic acid groups (broad SMARTS) is 1. The number of nitrogens with zero attached hydrogens (tertiary/aromatic N) is 4. The lowest BCUT2D eigenvalue weighted by atomic mass is 10.0. The normalized spacial score (nSPS) is 10.8. The number of nitro benzene ring substituents is 1. The number of carbonyl (C=O) groups is 2. The van der Waals surface area contributed by atoms with E-state index < -0.39 is 5.97 Å². The van der Waals surface area contributed by atoms with Crippen LogP contribution in [0.5, 0.6) is 0 Å². The zero-order chi connectivity index (χ0) is 27.7. The topological polar surface area (TPSA) is 107 Å². The van der Waals surface area contributed by atoms with Gasteiger partial charge in [0.1, 0.15) is 5.69 Å². The van der Waals surface area contributed by atoms with Gasteiger partial charge in [-0.25, -0.2) is 0 Å². The average molecular weight is 519 g/mol. The Morgan fingerprint density at radius 3 is 2.24 bits per heavy atom. The molecule has 0 saturated carbocycles. The first-order valence-corrected chi connectivity index (χ1v) is 12.5. The molecule has 3 aromatic rings. The van der Waals surface area contributed by atoms with Crippen LogP contribution in [0.15, 0.2) is 72.8 Å². The minimum atomic E-state index is -0.983. The molecule has 200 valence electrons. The van der Waals surface area contributed by atoms with Crippen molar-refractivity contribution in [3.63, 3.8) is 0 Å². The fraction of sp³-hybridized carbons (Fsp3) is 0.310. The van der Waals surface area contributed by atoms with E-state index in [0.717, 1.165) is 24.1 Å². The van der Waals surface area contributed by atoms with Crippen molar-refractivity contribution in [1.82, 2.24) is 9.80 Å². The SMILES string of the molecule is CN(C)CCCN(C)c1ccc(-c2cccc(CN(CCC(=O)O)C(=O)c3ccccc3)c2)cc1[N+](=O)[O-]. The number of anilines is 1. The first kappa shape index (κ1) is 28.3. The molecule has 0 unspecified atom stereocenters. The number of carboxylic acids is 1. The molecule has 3 aromatic carbocycles. The number of aliphatic carboxylic acids is 1. The Labute approximate surface area is 223 Å². The van der Waals surface area contributed by atoms with E-state index >= 15 is 0 Å². The third-order valence-electron chi connectivity index (χ3n) is 6.22. The molecule has 0 fully saturated rings. The molecule has 0 spiro atoms. The Hall–Kier alpha value is -4.24. The van der Waals surface area contributed by atoms with Crippen molar-refractivity contribution in [3.05, 3.63) is 94.0 Å². The molecule has 0 aliphatic rings. The van der Waals surface area contributed by atoms with Crippen LogP contribution in [0.25, 0.3) is 11.1 Å². The van der Waals surface area contributed by atoms with Crippen molar-refractivity contribution >= 4 is 23.3 Å². The van der Waals surface area contributed by atoms with Gasteiger partial charge in [0, 0.05) is 38.3 Å². The van der Waals surface area contributed by atoms with E-state index in [1.54, 1.807) is 36.4 Å². The van der Waals surface area contributed by atoms with E-state index in [0.29, 0.717) is 23.4 Å². The molecule has 0 radical (unpaired) electrons. The lowest BCUT2D eigenvalue weighted by Crippen LogP contribution is -2.32. The summed E-state index contributed by atoms with van der Waals surface area (Å²) in [6, 6.07) is 21.4. The van der Waals surface area contributed by atoms with Crippen molar-refractivity contribution < 1.29 is 19.6 Å². The van der Waals surface area contributed by atoms with Crippen molar-refractivity contribution in [3.8, 4) is 11.1 Å². The molecule has 0 aliphatic heterocycles. The monoisotopic (exact) mass is 518 g/mol. The van der Waals surface area contributed by atoms with Gasteiger partial charge in [0.25, 0.3) is 11.6 Å². The number of hydrogen-bond donors (Lipinski definition) is 1. The van der Waals surface area contributed by atoms with Crippen LogP contribution in [-0.2, 0) is 11.3 Å². The second-order valence-corrected chi connectivity index (χ2v) is 9.48. The largest absolute Gasteiger partial charge is 0.481 e. The smallest absolute Gasteiger partial charge is 0.305 e. The van der Waals surface area contributed by atoms with Crippen molar-refractivity contribution in [2.24, 2.45) is 0 Å². The zero-order valence-corrected chi connectivity index (χ0v) is 22.0. The molecule has 0 aliphatic carbocycles. The van der Waals surface area contributed by atoms with Crippen molar-refractivity contribution in [2.45, 2.75) is 19.4 Å². The Balaban J connectivity index is 1.85. The Bertz CT molecular complexity index is 1260. The second-order valence-electron chi connectivity index (χ2n) is 9.48. The minimum Gasteiger partial charge on any atom is -0.481 e. The highest BCUT2D eigenvalue weighted by Crippen LogP contribution is 2.33. The first-order valence-electron chi connectivity index (χ1n) is 12.5. The third-order valence-corrected chi connectivity index (χ3v) is 6.22. The summed E-state index contributed by atoms with van der Waals surface area (Å²) in [7, 11) is 5.84. The Kier molecular flexibility index (Phi) is 9.95. The zero-order valence-electron chi connectivity index (χ0n) is 22.0. The molecule has 0 aromatic heterocycles. The number of hydrogen-bond acceptors (Lipinski definition) is 6. The maximum absolute atomic E-state index is 13.1. The van der Waals surface area contributed by atoms with Crippen LogP contribution >= 0.6 is 0 Å². The molecule has 1 amide bonds. The Morgan fingerprint density at radius 2 is 1.58 bits per heavy atom. The van der Waals surface area contributed by atoms with Gasteiger partial charge in [0.15, 0.2) is 0 Å². The summed E-state index contributed by atoms with van der Waals surface area (Å²) >= 11 is 0. The predicted molar refractivity (Wildman–Crippen MR) is 148 cm³/mol. The van der Waals surface area contributed by atoms with Crippen molar-refractivity contribution in [2.75, 3.05) is 45.7 Å². The fourth-order valence-electron chi connectivity index (χ4n) is 4.23. The van der Waals surface area contributed by atoms with Gasteiger partial charge in [0.05, 0.1) is 11.3 Å². The summed E-state index contributed by atoms with van der Waals surface area (Å²) in [4.78, 5) is 41.4. The summed E-state index contributed by atoms with van der Waals surface area (Å²) < 4.78 is 0. The maximum atomic E-state index is 13.1. The predicted octanol–water partition coefficient (Wildman–Crippen LogP) is 4.77. The number of nitro groups is 1. The lowest BCUT2D eigenvalue weighted by molar-refractivity contribution is -0.384. The third kappa shape index (κ3) is 7.88. The van der Waals surface area contributed by atoms with Gasteiger partial charge in [-0.2, -0.15) is 0 Å². The van der Waals surface area contributed by atoms with Gasteiger partial charge in [0.2, 0.25) is 0 Å². The van der Waals surface area contributed by atoms with Crippen LogP contribution in [-0.4, -0.2) is 72.5 Å². The average Bonchev–Trinajstić information content (AvgIpc) is 2.90. The van der Waals surface area contributed by atoms with E-state index in [9.17, 15) is 24.8 Å². The molecule has 9 nitrogen and oxygen atoms in total. The number of carbonyl (C=O) groups excluding carboxylic acids is 1. The number of amides is 1. The standard InChI is InChI=1S/C29H34N4O5/c1-30(2)16-8-17-31(3)26-14-13-25(20-27(26)33(37)38)24-12-7-9-22(19-24)21-32(18-15-28(34)35)29(36)23-10-5-4-6-11-23/h4-7,9-14,19-20H,8,15-18,21H2,1-3H3,(H,34,35). The summed E-state index contributed by atoms with van der Waals surface area (Å²) in [5, 5.41) is 21.1. The van der Waals surface area contributed by atoms with Crippen LogP contribution in [0.3, 0.4) is 0 Å². The van der Waals surface area contributed by atoms with Gasteiger partial charge in [-0.05, 0) is 68.0 Å². The molecular formula is C29H34N4O5. The van der Waals surface area contributed by atoms with Gasteiger partial charge in [-0.3, -0.25) is 19.7 Å². The molecule has 0 heterocycles. The van der Waals surface area contributed by atoms with E-state index in [1.807, 2.05) is 62.4 Å². The summed E-state index contributed by atoms with van der Waals surface area (Å²) in [5.41, 5.74) is 3.33. The molecule has 38 heavy (non-hydrogen) atoms. The fourth-order valence-corrected chi connectivity index (χ4v) is 4.23. The van der Waals surface area contributed by atoms with Crippen molar-refractivity contribution in [1.29, 1.82) is 0 Å². The minimum absolute atomic E-state index is 0.0302. The molecule has 0 bridgehead atoms. The van der Waals surface area contributed by atoms with Gasteiger partial charge in [-0.15, -0.1) is 0 Å². The molecule has 0 saturated heterocycles. The van der Waals surface area contributed by atoms with E-state index in [2.05, 4.69) is 4.90 Å². The van der Waals surface area contributed by atoms with E-state index in [1.165, 1.54) is 4.90 Å². The molecule has 1 N–H and O–H groups in total. The van der Waals surface area contributed by atoms with E-state index in [-0.39, 0.29) is 36.0 Å².